The predicted molar refractivity (Wildman–Crippen MR) is 66.9 cm³/mol. The first kappa shape index (κ1) is 12.7. The van der Waals surface area contributed by atoms with Crippen LogP contribution in [0, 0.1) is 0 Å². The third kappa shape index (κ3) is 2.56. The van der Waals surface area contributed by atoms with Gasteiger partial charge in [-0.2, -0.15) is 0 Å². The first-order valence-electron chi connectivity index (χ1n) is 5.38. The number of hydrogen-bond acceptors (Lipinski definition) is 4. The van der Waals surface area contributed by atoms with Gasteiger partial charge in [0.15, 0.2) is 9.84 Å². The molecular formula is C11H14ClNO3S. The minimum absolute atomic E-state index is 0.239. The fourth-order valence-corrected chi connectivity index (χ4v) is 3.85. The standard InChI is InChI=1S/C11H14ClNO3S/c12-10-7-9(1-2-11(10)13)17(14,15)8-3-5-16-6-4-8/h1-2,7-8H,3-6,13H2. The molecule has 0 radical (unpaired) electrons. The van der Waals surface area contributed by atoms with Crippen molar-refractivity contribution in [2.45, 2.75) is 23.0 Å². The minimum Gasteiger partial charge on any atom is -0.398 e. The number of sulfone groups is 1. The molecule has 0 saturated carbocycles. The van der Waals surface area contributed by atoms with Crippen LogP contribution in [0.2, 0.25) is 5.02 Å². The fraction of sp³-hybridized carbons (Fsp3) is 0.455. The maximum Gasteiger partial charge on any atom is 0.181 e. The Morgan fingerprint density at radius 2 is 1.94 bits per heavy atom. The molecule has 6 heteroatoms. The zero-order chi connectivity index (χ0) is 12.5. The molecule has 1 fully saturated rings. The average molecular weight is 276 g/mol. The molecule has 1 saturated heterocycles. The topological polar surface area (TPSA) is 69.4 Å². The number of halogens is 1. The van der Waals surface area contributed by atoms with Crippen molar-refractivity contribution < 1.29 is 13.2 Å². The van der Waals surface area contributed by atoms with Crippen LogP contribution in [0.15, 0.2) is 23.1 Å². The Morgan fingerprint density at radius 1 is 1.29 bits per heavy atom. The number of anilines is 1. The van der Waals surface area contributed by atoms with Crippen LogP contribution >= 0.6 is 11.6 Å². The molecule has 0 unspecified atom stereocenters. The summed E-state index contributed by atoms with van der Waals surface area (Å²) in [5, 5.41) is -0.103. The minimum atomic E-state index is -3.32. The van der Waals surface area contributed by atoms with E-state index in [0.29, 0.717) is 31.7 Å². The van der Waals surface area contributed by atoms with Gasteiger partial charge in [-0.15, -0.1) is 0 Å². The highest BCUT2D eigenvalue weighted by molar-refractivity contribution is 7.92. The van der Waals surface area contributed by atoms with Gasteiger partial charge in [-0.1, -0.05) is 11.6 Å². The second kappa shape index (κ2) is 4.84. The normalized spacial score (nSPS) is 18.2. The molecule has 17 heavy (non-hydrogen) atoms. The van der Waals surface area contributed by atoms with E-state index in [1.54, 1.807) is 0 Å². The van der Waals surface area contributed by atoms with Crippen LogP contribution in [-0.2, 0) is 14.6 Å². The fourth-order valence-electron chi connectivity index (χ4n) is 1.86. The summed E-state index contributed by atoms with van der Waals surface area (Å²) in [7, 11) is -3.32. The van der Waals surface area contributed by atoms with Crippen molar-refractivity contribution in [2.75, 3.05) is 18.9 Å². The molecule has 0 amide bonds. The lowest BCUT2D eigenvalue weighted by molar-refractivity contribution is 0.0983. The Morgan fingerprint density at radius 3 is 2.53 bits per heavy atom. The largest absolute Gasteiger partial charge is 0.398 e. The summed E-state index contributed by atoms with van der Waals surface area (Å²) in [6.45, 7) is 0.985. The Bertz CT molecular complexity index is 509. The molecule has 1 aromatic rings. The highest BCUT2D eigenvalue weighted by Crippen LogP contribution is 2.28. The van der Waals surface area contributed by atoms with E-state index < -0.39 is 9.84 Å². The van der Waals surface area contributed by atoms with E-state index >= 15 is 0 Å². The molecule has 0 aromatic heterocycles. The third-order valence-electron chi connectivity index (χ3n) is 2.91. The van der Waals surface area contributed by atoms with Gasteiger partial charge in [-0.3, -0.25) is 0 Å². The van der Waals surface area contributed by atoms with Crippen LogP contribution in [0.3, 0.4) is 0 Å². The van der Waals surface area contributed by atoms with E-state index in [1.165, 1.54) is 18.2 Å². The monoisotopic (exact) mass is 275 g/mol. The quantitative estimate of drug-likeness (QED) is 0.837. The van der Waals surface area contributed by atoms with Gasteiger partial charge in [0.25, 0.3) is 0 Å². The van der Waals surface area contributed by atoms with Gasteiger partial charge in [-0.05, 0) is 31.0 Å². The highest BCUT2D eigenvalue weighted by atomic mass is 35.5. The van der Waals surface area contributed by atoms with Gasteiger partial charge in [0.05, 0.1) is 20.9 Å². The molecular weight excluding hydrogens is 262 g/mol. The van der Waals surface area contributed by atoms with Crippen LogP contribution < -0.4 is 5.73 Å². The summed E-state index contributed by atoms with van der Waals surface area (Å²) in [5.74, 6) is 0. The van der Waals surface area contributed by atoms with Crippen molar-refractivity contribution in [1.82, 2.24) is 0 Å². The second-order valence-corrected chi connectivity index (χ2v) is 6.68. The zero-order valence-electron chi connectivity index (χ0n) is 9.23. The predicted octanol–water partition coefficient (Wildman–Crippen LogP) is 1.87. The van der Waals surface area contributed by atoms with E-state index in [1.807, 2.05) is 0 Å². The lowest BCUT2D eigenvalue weighted by Gasteiger charge is -2.22. The van der Waals surface area contributed by atoms with Crippen molar-refractivity contribution in [3.63, 3.8) is 0 Å². The van der Waals surface area contributed by atoms with Crippen molar-refractivity contribution in [3.05, 3.63) is 23.2 Å². The molecule has 2 N–H and O–H groups in total. The molecule has 0 aliphatic carbocycles. The summed E-state index contributed by atoms with van der Waals surface area (Å²) in [6.07, 6.45) is 1.06. The van der Waals surface area contributed by atoms with Crippen LogP contribution in [0.5, 0.6) is 0 Å². The van der Waals surface area contributed by atoms with Crippen LogP contribution in [0.4, 0.5) is 5.69 Å². The number of nitrogen functional groups attached to an aromatic ring is 1. The Balaban J connectivity index is 2.33. The van der Waals surface area contributed by atoms with E-state index in [9.17, 15) is 8.42 Å². The summed E-state index contributed by atoms with van der Waals surface area (Å²) in [6, 6.07) is 4.45. The maximum absolute atomic E-state index is 12.3. The summed E-state index contributed by atoms with van der Waals surface area (Å²) in [5.41, 5.74) is 5.95. The van der Waals surface area contributed by atoms with Crippen molar-refractivity contribution >= 4 is 27.1 Å². The lowest BCUT2D eigenvalue weighted by atomic mass is 10.2. The summed E-state index contributed by atoms with van der Waals surface area (Å²) >= 11 is 5.84. The van der Waals surface area contributed by atoms with Gasteiger partial charge in [0, 0.05) is 13.2 Å². The molecule has 1 aliphatic rings. The SMILES string of the molecule is Nc1ccc(S(=O)(=O)C2CCOCC2)cc1Cl. The third-order valence-corrected chi connectivity index (χ3v) is 5.50. The Labute approximate surface area is 106 Å². The lowest BCUT2D eigenvalue weighted by Crippen LogP contribution is -2.28. The molecule has 1 aliphatic heterocycles. The van der Waals surface area contributed by atoms with Gasteiger partial charge >= 0.3 is 0 Å². The smallest absolute Gasteiger partial charge is 0.181 e. The Kier molecular flexibility index (Phi) is 3.61. The molecule has 2 rings (SSSR count). The molecule has 1 aromatic carbocycles. The average Bonchev–Trinajstić information content (AvgIpc) is 2.33. The van der Waals surface area contributed by atoms with Crippen LogP contribution in [0.25, 0.3) is 0 Å². The van der Waals surface area contributed by atoms with Gasteiger partial charge < -0.3 is 10.5 Å². The molecule has 0 spiro atoms. The van der Waals surface area contributed by atoms with Crippen molar-refractivity contribution in [1.29, 1.82) is 0 Å². The second-order valence-electron chi connectivity index (χ2n) is 4.04. The van der Waals surface area contributed by atoms with E-state index in [0.717, 1.165) is 0 Å². The van der Waals surface area contributed by atoms with Gasteiger partial charge in [0.2, 0.25) is 0 Å². The molecule has 0 atom stereocenters. The maximum atomic E-state index is 12.3. The number of nitrogens with two attached hydrogens (primary N) is 1. The Hall–Kier alpha value is -0.780. The first-order valence-corrected chi connectivity index (χ1v) is 7.31. The van der Waals surface area contributed by atoms with E-state index in [4.69, 9.17) is 22.1 Å². The molecule has 94 valence electrons. The number of ether oxygens (including phenoxy) is 1. The van der Waals surface area contributed by atoms with E-state index in [-0.39, 0.29) is 15.2 Å². The number of hydrogen-bond donors (Lipinski definition) is 1. The van der Waals surface area contributed by atoms with Gasteiger partial charge in [-0.25, -0.2) is 8.42 Å². The molecule has 0 bridgehead atoms. The molecule has 1 heterocycles. The number of benzene rings is 1. The first-order chi connectivity index (χ1) is 8.01. The number of rotatable bonds is 2. The highest BCUT2D eigenvalue weighted by Gasteiger charge is 2.29. The van der Waals surface area contributed by atoms with Crippen LogP contribution in [-0.4, -0.2) is 26.9 Å². The van der Waals surface area contributed by atoms with Crippen LogP contribution in [0.1, 0.15) is 12.8 Å². The van der Waals surface area contributed by atoms with Gasteiger partial charge in [0.1, 0.15) is 0 Å². The summed E-state index contributed by atoms with van der Waals surface area (Å²) in [4.78, 5) is 0.239. The van der Waals surface area contributed by atoms with Crippen molar-refractivity contribution in [2.24, 2.45) is 0 Å². The molecule has 4 nitrogen and oxygen atoms in total. The zero-order valence-corrected chi connectivity index (χ0v) is 10.8. The summed E-state index contributed by atoms with van der Waals surface area (Å²) < 4.78 is 29.8. The van der Waals surface area contributed by atoms with E-state index in [2.05, 4.69) is 0 Å². The van der Waals surface area contributed by atoms with Crippen molar-refractivity contribution in [3.8, 4) is 0 Å².